The van der Waals surface area contributed by atoms with Crippen LogP contribution in [-0.4, -0.2) is 57.7 Å². The first-order valence-corrected chi connectivity index (χ1v) is 8.52. The van der Waals surface area contributed by atoms with Crippen molar-refractivity contribution in [1.29, 1.82) is 0 Å². The van der Waals surface area contributed by atoms with E-state index >= 15 is 0 Å². The Morgan fingerprint density at radius 1 is 1.19 bits per heavy atom. The van der Waals surface area contributed by atoms with Gasteiger partial charge in [0.05, 0.1) is 17.7 Å². The highest BCUT2D eigenvalue weighted by Crippen LogP contribution is 2.25. The van der Waals surface area contributed by atoms with Crippen LogP contribution in [-0.2, 0) is 0 Å². The summed E-state index contributed by atoms with van der Waals surface area (Å²) in [4.78, 5) is 21.9. The van der Waals surface area contributed by atoms with Crippen molar-refractivity contribution in [2.24, 2.45) is 0 Å². The Bertz CT molecular complexity index is 788. The molecule has 2 aromatic rings. The number of nitrogens with zero attached hydrogens (tertiary/aromatic N) is 3. The van der Waals surface area contributed by atoms with Crippen LogP contribution in [0.15, 0.2) is 36.7 Å². The molecule has 1 aromatic heterocycles. The Kier molecular flexibility index (Phi) is 5.59. The van der Waals surface area contributed by atoms with Crippen LogP contribution in [0.25, 0.3) is 11.4 Å². The van der Waals surface area contributed by atoms with E-state index in [1.807, 2.05) is 0 Å². The van der Waals surface area contributed by atoms with Crippen LogP contribution in [0.4, 0.5) is 13.2 Å². The summed E-state index contributed by atoms with van der Waals surface area (Å²) in [6, 6.07) is 6.42. The lowest BCUT2D eigenvalue weighted by atomic mass is 10.0. The molecule has 9 heteroatoms. The van der Waals surface area contributed by atoms with E-state index in [-0.39, 0.29) is 36.4 Å². The van der Waals surface area contributed by atoms with E-state index in [0.29, 0.717) is 24.2 Å². The Labute approximate surface area is 154 Å². The van der Waals surface area contributed by atoms with Gasteiger partial charge in [-0.1, -0.05) is 12.1 Å². The number of hydrogen-bond donors (Lipinski definition) is 2. The number of halogens is 3. The summed E-state index contributed by atoms with van der Waals surface area (Å²) < 4.78 is 37.2. The second-order valence-electron chi connectivity index (χ2n) is 6.45. The molecule has 0 aliphatic carbocycles. The second-order valence-corrected chi connectivity index (χ2v) is 6.45. The Morgan fingerprint density at radius 3 is 2.41 bits per heavy atom. The maximum atomic E-state index is 12.4. The quantitative estimate of drug-likeness (QED) is 0.853. The Balaban J connectivity index is 1.55. The first-order chi connectivity index (χ1) is 12.8. The maximum absolute atomic E-state index is 12.4. The first kappa shape index (κ1) is 19.1. The van der Waals surface area contributed by atoms with Gasteiger partial charge < -0.3 is 10.4 Å². The lowest BCUT2D eigenvalue weighted by Crippen LogP contribution is -2.47. The predicted molar refractivity (Wildman–Crippen MR) is 92.1 cm³/mol. The zero-order valence-electron chi connectivity index (χ0n) is 14.4. The number of aromatic hydroxyl groups is 1. The topological polar surface area (TPSA) is 78.4 Å². The van der Waals surface area contributed by atoms with Gasteiger partial charge in [-0.15, -0.1) is 0 Å². The number of phenolic OH excluding ortho intramolecular Hbond substituents is 1. The molecule has 6 nitrogen and oxygen atoms in total. The van der Waals surface area contributed by atoms with Gasteiger partial charge in [-0.25, -0.2) is 9.97 Å². The maximum Gasteiger partial charge on any atom is 0.401 e. The highest BCUT2D eigenvalue weighted by atomic mass is 19.4. The van der Waals surface area contributed by atoms with Crippen molar-refractivity contribution in [3.8, 4) is 17.1 Å². The Morgan fingerprint density at radius 2 is 1.81 bits per heavy atom. The van der Waals surface area contributed by atoms with E-state index in [2.05, 4.69) is 15.3 Å². The van der Waals surface area contributed by atoms with Gasteiger partial charge in [0.15, 0.2) is 5.82 Å². The molecule has 1 amide bonds. The molecule has 0 unspecified atom stereocenters. The third kappa shape index (κ3) is 5.16. The van der Waals surface area contributed by atoms with Crippen LogP contribution in [0.5, 0.6) is 5.75 Å². The number of carbonyl (C=O) groups is 1. The number of likely N-dealkylation sites (tertiary alicyclic amines) is 1. The van der Waals surface area contributed by atoms with Gasteiger partial charge in [0.25, 0.3) is 5.91 Å². The fourth-order valence-electron chi connectivity index (χ4n) is 3.00. The van der Waals surface area contributed by atoms with Crippen molar-refractivity contribution < 1.29 is 23.1 Å². The second kappa shape index (κ2) is 7.91. The average Bonchev–Trinajstić information content (AvgIpc) is 2.63. The monoisotopic (exact) mass is 380 g/mol. The number of rotatable bonds is 4. The van der Waals surface area contributed by atoms with E-state index in [0.717, 1.165) is 0 Å². The first-order valence-electron chi connectivity index (χ1n) is 8.52. The molecule has 1 aliphatic heterocycles. The Hall–Kier alpha value is -2.68. The van der Waals surface area contributed by atoms with Crippen LogP contribution < -0.4 is 5.32 Å². The van der Waals surface area contributed by atoms with Gasteiger partial charge in [0.1, 0.15) is 5.75 Å². The molecule has 1 saturated heterocycles. The molecule has 2 N–H and O–H groups in total. The standard InChI is InChI=1S/C18H19F3N4O2/c19-18(20,21)11-25-7-5-13(6-8-25)24-17(27)12-9-22-16(23-10-12)14-3-1-2-4-15(14)26/h1-4,9-10,13,26H,5-8,11H2,(H,24,27). The number of amides is 1. The minimum atomic E-state index is -4.21. The predicted octanol–water partition coefficient (Wildman–Crippen LogP) is 2.61. The van der Waals surface area contributed by atoms with E-state index in [1.54, 1.807) is 18.2 Å². The fraction of sp³-hybridized carbons (Fsp3) is 0.389. The minimum Gasteiger partial charge on any atom is -0.507 e. The van der Waals surface area contributed by atoms with Gasteiger partial charge in [0, 0.05) is 31.5 Å². The smallest absolute Gasteiger partial charge is 0.401 e. The normalized spacial score (nSPS) is 16.3. The summed E-state index contributed by atoms with van der Waals surface area (Å²) in [6.45, 7) is -0.352. The van der Waals surface area contributed by atoms with Gasteiger partial charge in [-0.2, -0.15) is 13.2 Å². The molecule has 0 bridgehead atoms. The van der Waals surface area contributed by atoms with E-state index in [4.69, 9.17) is 0 Å². The van der Waals surface area contributed by atoms with E-state index in [9.17, 15) is 23.1 Å². The van der Waals surface area contributed by atoms with E-state index < -0.39 is 12.7 Å². The van der Waals surface area contributed by atoms with Crippen molar-refractivity contribution in [3.63, 3.8) is 0 Å². The van der Waals surface area contributed by atoms with Crippen LogP contribution in [0.1, 0.15) is 23.2 Å². The summed E-state index contributed by atoms with van der Waals surface area (Å²) in [7, 11) is 0. The lowest BCUT2D eigenvalue weighted by molar-refractivity contribution is -0.148. The van der Waals surface area contributed by atoms with Crippen LogP contribution in [0.3, 0.4) is 0 Å². The molecular weight excluding hydrogens is 361 g/mol. The number of nitrogens with one attached hydrogen (secondary N) is 1. The summed E-state index contributed by atoms with van der Waals surface area (Å²) in [5.41, 5.74) is 0.716. The zero-order chi connectivity index (χ0) is 19.4. The van der Waals surface area contributed by atoms with Crippen molar-refractivity contribution in [3.05, 3.63) is 42.2 Å². The van der Waals surface area contributed by atoms with Gasteiger partial charge >= 0.3 is 6.18 Å². The molecule has 0 atom stereocenters. The van der Waals surface area contributed by atoms with Gasteiger partial charge in [0.2, 0.25) is 0 Å². The molecule has 2 heterocycles. The molecule has 1 aliphatic rings. The summed E-state index contributed by atoms with van der Waals surface area (Å²) in [6.07, 6.45) is -0.564. The molecule has 3 rings (SSSR count). The third-order valence-corrected chi connectivity index (χ3v) is 4.38. The van der Waals surface area contributed by atoms with Crippen molar-refractivity contribution in [2.45, 2.75) is 25.1 Å². The summed E-state index contributed by atoms with van der Waals surface area (Å²) in [5, 5.41) is 12.6. The number of hydrogen-bond acceptors (Lipinski definition) is 5. The molecular formula is C18H19F3N4O2. The van der Waals surface area contributed by atoms with E-state index in [1.165, 1.54) is 23.4 Å². The molecule has 0 radical (unpaired) electrons. The molecule has 27 heavy (non-hydrogen) atoms. The highest BCUT2D eigenvalue weighted by Gasteiger charge is 2.32. The largest absolute Gasteiger partial charge is 0.507 e. The number of carbonyl (C=O) groups excluding carboxylic acids is 1. The van der Waals surface area contributed by atoms with Crippen LogP contribution >= 0.6 is 0 Å². The summed E-state index contributed by atoms with van der Waals surface area (Å²) in [5.74, 6) is -0.0291. The number of benzene rings is 1. The molecule has 0 spiro atoms. The molecule has 1 aromatic carbocycles. The third-order valence-electron chi connectivity index (χ3n) is 4.38. The van der Waals surface area contributed by atoms with Crippen molar-refractivity contribution >= 4 is 5.91 Å². The highest BCUT2D eigenvalue weighted by molar-refractivity contribution is 5.93. The minimum absolute atomic E-state index is 0.0420. The number of piperidine rings is 1. The molecule has 0 saturated carbocycles. The summed E-state index contributed by atoms with van der Waals surface area (Å²) >= 11 is 0. The van der Waals surface area contributed by atoms with Crippen LogP contribution in [0.2, 0.25) is 0 Å². The van der Waals surface area contributed by atoms with Crippen molar-refractivity contribution in [1.82, 2.24) is 20.2 Å². The fourth-order valence-corrected chi connectivity index (χ4v) is 3.00. The van der Waals surface area contributed by atoms with Crippen LogP contribution in [0, 0.1) is 0 Å². The lowest BCUT2D eigenvalue weighted by Gasteiger charge is -2.32. The van der Waals surface area contributed by atoms with Crippen molar-refractivity contribution in [2.75, 3.05) is 19.6 Å². The number of phenols is 1. The number of aromatic nitrogens is 2. The SMILES string of the molecule is O=C(NC1CCN(CC(F)(F)F)CC1)c1cnc(-c2ccccc2O)nc1. The van der Waals surface area contributed by atoms with Gasteiger partial charge in [-0.3, -0.25) is 9.69 Å². The van der Waals surface area contributed by atoms with Gasteiger partial charge in [-0.05, 0) is 25.0 Å². The zero-order valence-corrected chi connectivity index (χ0v) is 14.4. The molecule has 1 fully saturated rings. The number of alkyl halides is 3. The number of para-hydroxylation sites is 1. The molecule has 144 valence electrons. The average molecular weight is 380 g/mol.